The first-order chi connectivity index (χ1) is 13.7. The Balaban J connectivity index is 2.11. The van der Waals surface area contributed by atoms with Gasteiger partial charge in [0.2, 0.25) is 5.95 Å². The molecule has 3 atom stereocenters. The Morgan fingerprint density at radius 1 is 1.23 bits per heavy atom. The molecule has 16 nitrogen and oxygen atoms in total. The van der Waals surface area contributed by atoms with E-state index in [1.54, 1.807) is 6.92 Å². The predicted molar refractivity (Wildman–Crippen MR) is 101 cm³/mol. The fraction of sp³-hybridized carbons (Fsp3) is 0.545. The first-order valence-electron chi connectivity index (χ1n) is 8.16. The lowest BCUT2D eigenvalue weighted by Gasteiger charge is -2.21. The van der Waals surface area contributed by atoms with Crippen molar-refractivity contribution in [2.75, 3.05) is 12.1 Å². The lowest BCUT2D eigenvalue weighted by atomic mass is 10.2. The number of aromatic amines is 1. The van der Waals surface area contributed by atoms with E-state index in [1.807, 2.05) is 0 Å². The van der Waals surface area contributed by atoms with Crippen LogP contribution >= 0.6 is 23.2 Å². The smallest absolute Gasteiger partial charge is 0.369 e. The van der Waals surface area contributed by atoms with Crippen LogP contribution in [0.5, 0.6) is 0 Å². The van der Waals surface area contributed by atoms with Crippen LogP contribution in [0.4, 0.5) is 5.95 Å². The summed E-state index contributed by atoms with van der Waals surface area (Å²) in [6, 6.07) is 0. The molecule has 2 unspecified atom stereocenters. The summed E-state index contributed by atoms with van der Waals surface area (Å²) in [5.74, 6) is -0.140. The number of hydrogen-bond donors (Lipinski definition) is 6. The maximum Gasteiger partial charge on any atom is 0.488 e. The molecule has 2 aromatic rings. The van der Waals surface area contributed by atoms with E-state index in [-0.39, 0.29) is 23.7 Å². The zero-order chi connectivity index (χ0) is 22.7. The third-order valence-electron chi connectivity index (χ3n) is 3.42. The number of nitrogens with zero attached hydrogens (tertiary/aromatic N) is 3. The number of imidazole rings is 1. The fourth-order valence-electron chi connectivity index (χ4n) is 2.41. The van der Waals surface area contributed by atoms with Crippen molar-refractivity contribution in [3.8, 4) is 0 Å². The van der Waals surface area contributed by atoms with Crippen molar-refractivity contribution in [3.63, 3.8) is 0 Å². The summed E-state index contributed by atoms with van der Waals surface area (Å²) in [5.41, 5.74) is 5.13. The van der Waals surface area contributed by atoms with Crippen molar-refractivity contribution in [1.82, 2.24) is 19.5 Å². The SMILES string of the molecule is CCC[C@H](Cn1cnc2c(=O)[nH]c(N)nc21)OCP(=O)(O)OP(=O)(O)OP(=O)(O)O. The number of aromatic nitrogens is 4. The van der Waals surface area contributed by atoms with Crippen LogP contribution in [0.2, 0.25) is 0 Å². The molecule has 0 saturated carbocycles. The lowest BCUT2D eigenvalue weighted by Crippen LogP contribution is -2.21. The summed E-state index contributed by atoms with van der Waals surface area (Å²) < 4.78 is 48.2. The highest BCUT2D eigenvalue weighted by Gasteiger charge is 2.40. The summed E-state index contributed by atoms with van der Waals surface area (Å²) in [4.78, 5) is 58.0. The highest BCUT2D eigenvalue weighted by atomic mass is 31.3. The van der Waals surface area contributed by atoms with Crippen LogP contribution in [0, 0.1) is 0 Å². The predicted octanol–water partition coefficient (Wildman–Crippen LogP) is 0.256. The second-order valence-corrected chi connectivity index (χ2v) is 10.7. The molecule has 19 heteroatoms. The number of anilines is 1. The zero-order valence-corrected chi connectivity index (χ0v) is 18.1. The largest absolute Gasteiger partial charge is 0.488 e. The van der Waals surface area contributed by atoms with Gasteiger partial charge in [0.1, 0.15) is 6.35 Å². The summed E-state index contributed by atoms with van der Waals surface area (Å²) in [6.45, 7) is 1.82. The van der Waals surface area contributed by atoms with Gasteiger partial charge in [0.05, 0.1) is 19.0 Å². The van der Waals surface area contributed by atoms with Crippen LogP contribution < -0.4 is 11.3 Å². The Bertz CT molecular complexity index is 1090. The average Bonchev–Trinajstić information content (AvgIpc) is 2.92. The monoisotopic (exact) mass is 491 g/mol. The Labute approximate surface area is 168 Å². The van der Waals surface area contributed by atoms with E-state index in [4.69, 9.17) is 20.3 Å². The van der Waals surface area contributed by atoms with Gasteiger partial charge in [-0.05, 0) is 6.42 Å². The number of nitrogens with one attached hydrogen (secondary N) is 1. The highest BCUT2D eigenvalue weighted by molar-refractivity contribution is 7.68. The van der Waals surface area contributed by atoms with Crippen molar-refractivity contribution in [3.05, 3.63) is 16.7 Å². The summed E-state index contributed by atoms with van der Waals surface area (Å²) in [6.07, 6.45) is 0.385. The number of nitrogen functional groups attached to an aromatic ring is 1. The topological polar surface area (TPSA) is 249 Å². The van der Waals surface area contributed by atoms with Crippen molar-refractivity contribution < 1.29 is 46.6 Å². The molecule has 2 heterocycles. The third-order valence-corrected chi connectivity index (χ3v) is 7.42. The second kappa shape index (κ2) is 9.37. The molecule has 7 N–H and O–H groups in total. The molecule has 0 aliphatic rings. The molecule has 0 aliphatic heterocycles. The number of ether oxygens (including phenoxy) is 1. The summed E-state index contributed by atoms with van der Waals surface area (Å²) in [7, 11) is -16.0. The van der Waals surface area contributed by atoms with Gasteiger partial charge in [0.15, 0.2) is 11.2 Å². The van der Waals surface area contributed by atoms with Crippen molar-refractivity contribution in [2.45, 2.75) is 32.4 Å². The third kappa shape index (κ3) is 7.36. The minimum atomic E-state index is -5.54. The molecule has 0 aromatic carbocycles. The number of phosphoric acid groups is 2. The number of H-pyrrole nitrogens is 1. The molecule has 170 valence electrons. The Kier molecular flexibility index (Phi) is 7.75. The molecule has 2 aromatic heterocycles. The molecule has 0 radical (unpaired) electrons. The molecule has 0 bridgehead atoms. The minimum absolute atomic E-state index is 0.0198. The summed E-state index contributed by atoms with van der Waals surface area (Å²) in [5, 5.41) is 0. The molecule has 30 heavy (non-hydrogen) atoms. The molecule has 0 amide bonds. The highest BCUT2D eigenvalue weighted by Crippen LogP contribution is 2.65. The van der Waals surface area contributed by atoms with Gasteiger partial charge in [-0.3, -0.25) is 14.3 Å². The van der Waals surface area contributed by atoms with Crippen molar-refractivity contribution in [1.29, 1.82) is 0 Å². The van der Waals surface area contributed by atoms with Gasteiger partial charge in [-0.2, -0.15) is 9.29 Å². The molecule has 0 saturated heterocycles. The van der Waals surface area contributed by atoms with Crippen LogP contribution in [0.3, 0.4) is 0 Å². The lowest BCUT2D eigenvalue weighted by molar-refractivity contribution is 0.0558. The molecule has 0 fully saturated rings. The van der Waals surface area contributed by atoms with Crippen LogP contribution in [0.15, 0.2) is 11.1 Å². The van der Waals surface area contributed by atoms with Gasteiger partial charge < -0.3 is 34.6 Å². The van der Waals surface area contributed by atoms with Crippen molar-refractivity contribution >= 4 is 40.4 Å². The van der Waals surface area contributed by atoms with Gasteiger partial charge in [-0.1, -0.05) is 13.3 Å². The van der Waals surface area contributed by atoms with E-state index >= 15 is 0 Å². The molecular formula is C11H20N5O11P3. The van der Waals surface area contributed by atoms with Gasteiger partial charge in [0.25, 0.3) is 5.56 Å². The van der Waals surface area contributed by atoms with Crippen LogP contribution in [-0.4, -0.2) is 51.5 Å². The fourth-order valence-corrected chi connectivity index (χ4v) is 5.75. The van der Waals surface area contributed by atoms with Gasteiger partial charge in [-0.15, -0.1) is 0 Å². The Morgan fingerprint density at radius 3 is 2.50 bits per heavy atom. The number of fused-ring (bicyclic) bond motifs is 1. The standard InChI is InChI=1S/C11H20N5O11P3/c1-2-3-7(4-16-5-13-8-9(16)14-11(12)15-10(8)17)25-6-28(18,19)26-30(23,24)27-29(20,21)22/h5,7H,2-4,6H2,1H3,(H,18,19)(H,23,24)(H2,20,21,22)(H3,12,14,15,17)/t7-/m1/s1. The first-order valence-corrected chi connectivity index (χ1v) is 13.0. The van der Waals surface area contributed by atoms with E-state index in [1.165, 1.54) is 10.9 Å². The average molecular weight is 491 g/mol. The van der Waals surface area contributed by atoms with E-state index in [9.17, 15) is 28.3 Å². The van der Waals surface area contributed by atoms with Crippen molar-refractivity contribution in [2.24, 2.45) is 0 Å². The van der Waals surface area contributed by atoms with Crippen LogP contribution in [0.1, 0.15) is 19.8 Å². The van der Waals surface area contributed by atoms with Crippen LogP contribution in [-0.2, 0) is 33.6 Å². The molecule has 2 rings (SSSR count). The first kappa shape index (κ1) is 24.8. The Morgan fingerprint density at radius 2 is 1.90 bits per heavy atom. The van der Waals surface area contributed by atoms with Crippen LogP contribution in [0.25, 0.3) is 11.2 Å². The Hall–Kier alpha value is -1.44. The maximum atomic E-state index is 12.0. The molecule has 0 aliphatic carbocycles. The number of hydrogen-bond acceptors (Lipinski definition) is 10. The normalized spacial score (nSPS) is 17.5. The molecular weight excluding hydrogens is 471 g/mol. The quantitative estimate of drug-likeness (QED) is 0.231. The maximum absolute atomic E-state index is 12.0. The van der Waals surface area contributed by atoms with Gasteiger partial charge in [-0.25, -0.2) is 18.4 Å². The zero-order valence-electron chi connectivity index (χ0n) is 15.4. The van der Waals surface area contributed by atoms with Gasteiger partial charge in [0, 0.05) is 0 Å². The minimum Gasteiger partial charge on any atom is -0.369 e. The van der Waals surface area contributed by atoms with E-state index < -0.39 is 41.3 Å². The van der Waals surface area contributed by atoms with Gasteiger partial charge >= 0.3 is 23.2 Å². The second-order valence-electron chi connectivity index (χ2n) is 5.99. The number of nitrogens with two attached hydrogens (primary N) is 1. The van der Waals surface area contributed by atoms with E-state index in [2.05, 4.69) is 23.6 Å². The number of rotatable bonds is 11. The molecule has 0 spiro atoms. The van der Waals surface area contributed by atoms with E-state index in [0.717, 1.165) is 0 Å². The van der Waals surface area contributed by atoms with E-state index in [0.29, 0.717) is 12.8 Å². The summed E-state index contributed by atoms with van der Waals surface area (Å²) >= 11 is 0.